The summed E-state index contributed by atoms with van der Waals surface area (Å²) in [6, 6.07) is 4.17. The molecule has 3 rings (SSSR count). The Morgan fingerprint density at radius 3 is 3.00 bits per heavy atom. The molecule has 0 bridgehead atoms. The summed E-state index contributed by atoms with van der Waals surface area (Å²) in [5.41, 5.74) is 2.58. The van der Waals surface area contributed by atoms with Crippen molar-refractivity contribution in [3.63, 3.8) is 0 Å². The highest BCUT2D eigenvalue weighted by molar-refractivity contribution is 9.10. The monoisotopic (exact) mass is 236 g/mol. The number of aromatic amines is 1. The van der Waals surface area contributed by atoms with Crippen LogP contribution in [0, 0.1) is 0 Å². The Kier molecular flexibility index (Phi) is 1.50. The molecule has 0 unspecified atom stereocenters. The third-order valence-corrected chi connectivity index (χ3v) is 3.29. The molecule has 1 aliphatic carbocycles. The van der Waals surface area contributed by atoms with E-state index in [1.165, 1.54) is 28.3 Å². The first kappa shape index (κ1) is 7.56. The second-order valence-corrected chi connectivity index (χ2v) is 4.42. The summed E-state index contributed by atoms with van der Waals surface area (Å²) in [6.07, 6.45) is 4.57. The second kappa shape index (κ2) is 2.58. The van der Waals surface area contributed by atoms with Crippen molar-refractivity contribution < 1.29 is 0 Å². The minimum absolute atomic E-state index is 0.760. The number of aromatic nitrogens is 2. The summed E-state index contributed by atoms with van der Waals surface area (Å²) in [4.78, 5) is 0. The fourth-order valence-electron chi connectivity index (χ4n) is 1.80. The van der Waals surface area contributed by atoms with Gasteiger partial charge in [0.1, 0.15) is 0 Å². The van der Waals surface area contributed by atoms with Crippen molar-refractivity contribution in [3.05, 3.63) is 28.4 Å². The molecule has 2 aromatic rings. The number of H-pyrrole nitrogens is 1. The van der Waals surface area contributed by atoms with E-state index >= 15 is 0 Å². The maximum Gasteiger partial charge on any atom is 0.0653 e. The molecule has 1 fully saturated rings. The molecule has 0 atom stereocenters. The fourth-order valence-corrected chi connectivity index (χ4v) is 2.47. The number of nitrogens with one attached hydrogen (secondary N) is 1. The highest BCUT2D eigenvalue weighted by Gasteiger charge is 2.27. The molecular formula is C10H9BrN2. The number of hydrogen-bond acceptors (Lipinski definition) is 1. The summed E-state index contributed by atoms with van der Waals surface area (Å²) >= 11 is 3.60. The van der Waals surface area contributed by atoms with E-state index in [4.69, 9.17) is 0 Å². The van der Waals surface area contributed by atoms with Gasteiger partial charge in [-0.2, -0.15) is 5.10 Å². The largest absolute Gasteiger partial charge is 0.278 e. The Balaban J connectivity index is 2.36. The van der Waals surface area contributed by atoms with Gasteiger partial charge in [-0.1, -0.05) is 15.9 Å². The van der Waals surface area contributed by atoms with E-state index < -0.39 is 0 Å². The fraction of sp³-hybridized carbons (Fsp3) is 0.300. The Bertz CT molecular complexity index is 457. The maximum absolute atomic E-state index is 4.07. The van der Waals surface area contributed by atoms with E-state index in [0.29, 0.717) is 0 Å². The lowest BCUT2D eigenvalue weighted by molar-refractivity contribution is 1.12. The van der Waals surface area contributed by atoms with Crippen LogP contribution < -0.4 is 0 Å². The van der Waals surface area contributed by atoms with Gasteiger partial charge in [-0.25, -0.2) is 0 Å². The summed E-state index contributed by atoms with van der Waals surface area (Å²) in [5.74, 6) is 0.760. The van der Waals surface area contributed by atoms with Crippen molar-refractivity contribution in [1.29, 1.82) is 0 Å². The second-order valence-electron chi connectivity index (χ2n) is 3.57. The quantitative estimate of drug-likeness (QED) is 0.810. The van der Waals surface area contributed by atoms with Crippen LogP contribution in [0.4, 0.5) is 0 Å². The number of nitrogens with zero attached hydrogens (tertiary/aromatic N) is 1. The van der Waals surface area contributed by atoms with Crippen LogP contribution in [0.2, 0.25) is 0 Å². The van der Waals surface area contributed by atoms with Gasteiger partial charge in [0.2, 0.25) is 0 Å². The Morgan fingerprint density at radius 2 is 2.23 bits per heavy atom. The van der Waals surface area contributed by atoms with Crippen LogP contribution >= 0.6 is 15.9 Å². The molecule has 1 aliphatic rings. The zero-order valence-corrected chi connectivity index (χ0v) is 8.63. The van der Waals surface area contributed by atoms with Crippen LogP contribution in [0.15, 0.2) is 22.8 Å². The third kappa shape index (κ3) is 1.10. The molecule has 0 spiro atoms. The summed E-state index contributed by atoms with van der Waals surface area (Å²) in [6.45, 7) is 0. The first-order valence-electron chi connectivity index (χ1n) is 4.48. The summed E-state index contributed by atoms with van der Waals surface area (Å²) in [7, 11) is 0. The van der Waals surface area contributed by atoms with Crippen LogP contribution in [0.3, 0.4) is 0 Å². The van der Waals surface area contributed by atoms with Gasteiger partial charge in [-0.15, -0.1) is 0 Å². The zero-order chi connectivity index (χ0) is 8.84. The molecule has 1 N–H and O–H groups in total. The first-order valence-corrected chi connectivity index (χ1v) is 5.27. The number of hydrogen-bond donors (Lipinski definition) is 1. The molecule has 0 radical (unpaired) electrons. The molecule has 0 aliphatic heterocycles. The molecule has 1 aromatic heterocycles. The minimum Gasteiger partial charge on any atom is -0.278 e. The van der Waals surface area contributed by atoms with Gasteiger partial charge in [-0.3, -0.25) is 5.10 Å². The van der Waals surface area contributed by atoms with Crippen molar-refractivity contribution in [3.8, 4) is 0 Å². The molecule has 3 heteroatoms. The average molecular weight is 237 g/mol. The lowest BCUT2D eigenvalue weighted by Crippen LogP contribution is -1.82. The van der Waals surface area contributed by atoms with E-state index in [1.54, 1.807) is 0 Å². The summed E-state index contributed by atoms with van der Waals surface area (Å²) in [5, 5.41) is 8.34. The highest BCUT2D eigenvalue weighted by Crippen LogP contribution is 2.46. The maximum atomic E-state index is 4.07. The number of rotatable bonds is 1. The smallest absolute Gasteiger partial charge is 0.0653 e. The zero-order valence-electron chi connectivity index (χ0n) is 7.05. The van der Waals surface area contributed by atoms with Crippen LogP contribution in [0.5, 0.6) is 0 Å². The molecule has 1 aromatic carbocycles. The molecular weight excluding hydrogens is 228 g/mol. The van der Waals surface area contributed by atoms with Crippen molar-refractivity contribution >= 4 is 26.8 Å². The molecule has 13 heavy (non-hydrogen) atoms. The summed E-state index contributed by atoms with van der Waals surface area (Å²) < 4.78 is 1.23. The minimum atomic E-state index is 0.760. The molecule has 1 saturated carbocycles. The van der Waals surface area contributed by atoms with Gasteiger partial charge in [0.05, 0.1) is 11.7 Å². The lowest BCUT2D eigenvalue weighted by Gasteiger charge is -2.02. The van der Waals surface area contributed by atoms with Gasteiger partial charge >= 0.3 is 0 Å². The van der Waals surface area contributed by atoms with Crippen LogP contribution in [-0.4, -0.2) is 10.2 Å². The van der Waals surface area contributed by atoms with E-state index in [0.717, 1.165) is 11.4 Å². The lowest BCUT2D eigenvalue weighted by atomic mass is 10.1. The Labute approximate surface area is 84.5 Å². The Morgan fingerprint density at radius 1 is 1.38 bits per heavy atom. The first-order chi connectivity index (χ1) is 6.36. The molecule has 0 amide bonds. The third-order valence-electron chi connectivity index (χ3n) is 2.60. The van der Waals surface area contributed by atoms with E-state index in [9.17, 15) is 0 Å². The standard InChI is InChI=1S/C10H9BrN2/c11-8-3-4-9-7(5-12-13-9)10(8)6-1-2-6/h3-6H,1-2H2,(H,12,13). The number of halogens is 1. The van der Waals surface area contributed by atoms with Crippen molar-refractivity contribution in [2.24, 2.45) is 0 Å². The highest BCUT2D eigenvalue weighted by atomic mass is 79.9. The average Bonchev–Trinajstić information content (AvgIpc) is 2.82. The van der Waals surface area contributed by atoms with Crippen molar-refractivity contribution in [2.75, 3.05) is 0 Å². The number of fused-ring (bicyclic) bond motifs is 1. The van der Waals surface area contributed by atoms with Gasteiger partial charge in [0.15, 0.2) is 0 Å². The van der Waals surface area contributed by atoms with Gasteiger partial charge in [-0.05, 0) is 36.5 Å². The van der Waals surface area contributed by atoms with Gasteiger partial charge < -0.3 is 0 Å². The van der Waals surface area contributed by atoms with Crippen LogP contribution in [0.1, 0.15) is 24.3 Å². The molecule has 66 valence electrons. The molecule has 2 nitrogen and oxygen atoms in total. The van der Waals surface area contributed by atoms with E-state index in [1.807, 2.05) is 6.20 Å². The molecule has 0 saturated heterocycles. The number of benzene rings is 1. The predicted octanol–water partition coefficient (Wildman–Crippen LogP) is 3.20. The predicted molar refractivity (Wildman–Crippen MR) is 55.8 cm³/mol. The van der Waals surface area contributed by atoms with Crippen LogP contribution in [-0.2, 0) is 0 Å². The normalized spacial score (nSPS) is 16.7. The van der Waals surface area contributed by atoms with E-state index in [2.05, 4.69) is 38.3 Å². The van der Waals surface area contributed by atoms with Crippen LogP contribution in [0.25, 0.3) is 10.9 Å². The SMILES string of the molecule is Brc1ccc2[nH]ncc2c1C1CC1. The van der Waals surface area contributed by atoms with Gasteiger partial charge in [0, 0.05) is 9.86 Å². The van der Waals surface area contributed by atoms with Crippen molar-refractivity contribution in [1.82, 2.24) is 10.2 Å². The van der Waals surface area contributed by atoms with Crippen molar-refractivity contribution in [2.45, 2.75) is 18.8 Å². The van der Waals surface area contributed by atoms with Gasteiger partial charge in [0.25, 0.3) is 0 Å². The molecule has 1 heterocycles. The Hall–Kier alpha value is -0.830. The van der Waals surface area contributed by atoms with E-state index in [-0.39, 0.29) is 0 Å². The topological polar surface area (TPSA) is 28.7 Å².